The zero-order chi connectivity index (χ0) is 19.7. The Morgan fingerprint density at radius 3 is 2.19 bits per heavy atom. The van der Waals surface area contributed by atoms with Crippen molar-refractivity contribution in [3.05, 3.63) is 29.8 Å². The van der Waals surface area contributed by atoms with Crippen molar-refractivity contribution in [1.29, 1.82) is 0 Å². The molecule has 0 spiro atoms. The number of carbonyl (C=O) groups excluding carboxylic acids is 2. The number of nitrogens with two attached hydrogens (primary N) is 1. The number of hydrogen-bond donors (Lipinski definition) is 5. The maximum atomic E-state index is 12.5. The minimum absolute atomic E-state index is 0.0534. The van der Waals surface area contributed by atoms with E-state index in [0.717, 1.165) is 0 Å². The molecule has 1 aromatic carbocycles. The summed E-state index contributed by atoms with van der Waals surface area (Å²) in [5.74, 6) is -1.54. The van der Waals surface area contributed by atoms with Gasteiger partial charge < -0.3 is 26.6 Å². The number of aromatic hydroxyl groups is 1. The molecule has 3 atom stereocenters. The van der Waals surface area contributed by atoms with E-state index in [1.165, 1.54) is 30.8 Å². The second kappa shape index (κ2) is 10.7. The van der Waals surface area contributed by atoms with Gasteiger partial charge in [0.05, 0.1) is 6.04 Å². The Kier molecular flexibility index (Phi) is 8.94. The Bertz CT molecular complexity index is 621. The highest BCUT2D eigenvalue weighted by Gasteiger charge is 2.27. The van der Waals surface area contributed by atoms with E-state index in [1.807, 2.05) is 6.26 Å². The molecular formula is C17H25N3O5S. The number of hydrogen-bond acceptors (Lipinski definition) is 6. The summed E-state index contributed by atoms with van der Waals surface area (Å²) in [5.41, 5.74) is 6.16. The van der Waals surface area contributed by atoms with Gasteiger partial charge >= 0.3 is 5.97 Å². The molecule has 0 radical (unpaired) electrons. The van der Waals surface area contributed by atoms with E-state index in [1.54, 1.807) is 12.1 Å². The van der Waals surface area contributed by atoms with Crippen LogP contribution >= 0.6 is 11.8 Å². The fourth-order valence-corrected chi connectivity index (χ4v) is 2.62. The average molecular weight is 383 g/mol. The lowest BCUT2D eigenvalue weighted by Gasteiger charge is -2.22. The van der Waals surface area contributed by atoms with Gasteiger partial charge in [0, 0.05) is 6.42 Å². The van der Waals surface area contributed by atoms with Crippen molar-refractivity contribution in [2.45, 2.75) is 37.9 Å². The summed E-state index contributed by atoms with van der Waals surface area (Å²) in [5, 5.41) is 23.7. The Hall–Kier alpha value is -2.26. The third kappa shape index (κ3) is 7.32. The van der Waals surface area contributed by atoms with E-state index in [0.29, 0.717) is 17.7 Å². The lowest BCUT2D eigenvalue weighted by atomic mass is 10.0. The summed E-state index contributed by atoms with van der Waals surface area (Å²) in [6.07, 6.45) is 2.28. The van der Waals surface area contributed by atoms with E-state index in [9.17, 15) is 24.6 Å². The van der Waals surface area contributed by atoms with Gasteiger partial charge in [0.25, 0.3) is 0 Å². The molecule has 1 aromatic rings. The van der Waals surface area contributed by atoms with E-state index in [2.05, 4.69) is 10.6 Å². The number of carboxylic acid groups (broad SMARTS) is 1. The van der Waals surface area contributed by atoms with Crippen LogP contribution < -0.4 is 16.4 Å². The highest BCUT2D eigenvalue weighted by atomic mass is 32.2. The van der Waals surface area contributed by atoms with Gasteiger partial charge in [-0.2, -0.15) is 11.8 Å². The number of rotatable bonds is 10. The lowest BCUT2D eigenvalue weighted by Crippen LogP contribution is -2.54. The van der Waals surface area contributed by atoms with Crippen LogP contribution in [0.2, 0.25) is 0 Å². The zero-order valence-corrected chi connectivity index (χ0v) is 15.6. The number of carbonyl (C=O) groups is 3. The van der Waals surface area contributed by atoms with Crippen molar-refractivity contribution in [2.75, 3.05) is 12.0 Å². The van der Waals surface area contributed by atoms with Gasteiger partial charge in [0.1, 0.15) is 17.8 Å². The molecular weight excluding hydrogens is 358 g/mol. The van der Waals surface area contributed by atoms with Crippen molar-refractivity contribution in [2.24, 2.45) is 5.73 Å². The Morgan fingerprint density at radius 2 is 1.69 bits per heavy atom. The van der Waals surface area contributed by atoms with Gasteiger partial charge in [-0.1, -0.05) is 12.1 Å². The van der Waals surface area contributed by atoms with Crippen LogP contribution in [0.4, 0.5) is 0 Å². The topological polar surface area (TPSA) is 142 Å². The molecule has 0 saturated heterocycles. The van der Waals surface area contributed by atoms with Gasteiger partial charge in [-0.05, 0) is 43.0 Å². The number of phenols is 1. The molecule has 0 aromatic heterocycles. The minimum Gasteiger partial charge on any atom is -0.508 e. The molecule has 0 fully saturated rings. The molecule has 1 rings (SSSR count). The molecule has 0 saturated carbocycles. The van der Waals surface area contributed by atoms with Crippen molar-refractivity contribution >= 4 is 29.5 Å². The fourth-order valence-electron chi connectivity index (χ4n) is 2.15. The molecule has 0 heterocycles. The smallest absolute Gasteiger partial charge is 0.326 e. The molecule has 8 nitrogen and oxygen atoms in total. The Morgan fingerprint density at radius 1 is 1.12 bits per heavy atom. The SMILES string of the molecule is CSCCC(NC(=O)C(C)N)C(=O)NC(Cc1ccc(O)cc1)C(=O)O. The monoisotopic (exact) mass is 383 g/mol. The summed E-state index contributed by atoms with van der Waals surface area (Å²) in [7, 11) is 0. The van der Waals surface area contributed by atoms with Crippen molar-refractivity contribution in [3.8, 4) is 5.75 Å². The van der Waals surface area contributed by atoms with Gasteiger partial charge in [-0.15, -0.1) is 0 Å². The standard InChI is InChI=1S/C17H25N3O5S/c1-10(18)15(22)19-13(7-8-26-2)16(23)20-14(17(24)25)9-11-3-5-12(21)6-4-11/h3-6,10,13-14,21H,7-9,18H2,1-2H3,(H,19,22)(H,20,23)(H,24,25). The first-order chi connectivity index (χ1) is 12.2. The van der Waals surface area contributed by atoms with Crippen molar-refractivity contribution in [1.82, 2.24) is 10.6 Å². The lowest BCUT2D eigenvalue weighted by molar-refractivity contribution is -0.142. The minimum atomic E-state index is -1.19. The summed E-state index contributed by atoms with van der Waals surface area (Å²) in [6.45, 7) is 1.50. The van der Waals surface area contributed by atoms with Crippen LogP contribution in [0.15, 0.2) is 24.3 Å². The summed E-state index contributed by atoms with van der Waals surface area (Å²) in [6, 6.07) is 3.27. The van der Waals surface area contributed by atoms with Crippen LogP contribution in [-0.4, -0.2) is 58.1 Å². The van der Waals surface area contributed by atoms with Crippen LogP contribution in [0.25, 0.3) is 0 Å². The van der Waals surface area contributed by atoms with Gasteiger partial charge in [-0.3, -0.25) is 9.59 Å². The van der Waals surface area contributed by atoms with E-state index in [-0.39, 0.29) is 12.2 Å². The van der Waals surface area contributed by atoms with Crippen LogP contribution in [-0.2, 0) is 20.8 Å². The van der Waals surface area contributed by atoms with Gasteiger partial charge in [0.15, 0.2) is 0 Å². The van der Waals surface area contributed by atoms with Gasteiger partial charge in [-0.25, -0.2) is 4.79 Å². The quantitative estimate of drug-likeness (QED) is 0.385. The number of phenolic OH excluding ortho intramolecular Hbond substituents is 1. The zero-order valence-electron chi connectivity index (χ0n) is 14.8. The largest absolute Gasteiger partial charge is 0.508 e. The Balaban J connectivity index is 2.81. The van der Waals surface area contributed by atoms with Gasteiger partial charge in [0.2, 0.25) is 11.8 Å². The molecule has 144 valence electrons. The summed E-state index contributed by atoms with van der Waals surface area (Å²) in [4.78, 5) is 35.8. The first kappa shape index (κ1) is 21.8. The maximum Gasteiger partial charge on any atom is 0.326 e. The molecule has 9 heteroatoms. The normalized spacial score (nSPS) is 14.1. The third-order valence-corrected chi connectivity index (χ3v) is 4.29. The molecule has 0 aliphatic heterocycles. The van der Waals surface area contributed by atoms with Crippen LogP contribution in [0, 0.1) is 0 Å². The summed E-state index contributed by atoms with van der Waals surface area (Å²) < 4.78 is 0. The van der Waals surface area contributed by atoms with Crippen molar-refractivity contribution in [3.63, 3.8) is 0 Å². The Labute approximate surface area is 156 Å². The number of carboxylic acids is 1. The highest BCUT2D eigenvalue weighted by Crippen LogP contribution is 2.12. The number of benzene rings is 1. The first-order valence-corrected chi connectivity index (χ1v) is 9.50. The molecule has 3 unspecified atom stereocenters. The van der Waals surface area contributed by atoms with E-state index >= 15 is 0 Å². The molecule has 2 amide bonds. The van der Waals surface area contributed by atoms with E-state index < -0.39 is 35.9 Å². The summed E-state index contributed by atoms with van der Waals surface area (Å²) >= 11 is 1.51. The molecule has 0 aliphatic rings. The maximum absolute atomic E-state index is 12.5. The number of aliphatic carboxylic acids is 1. The predicted molar refractivity (Wildman–Crippen MR) is 100.0 cm³/mol. The molecule has 26 heavy (non-hydrogen) atoms. The third-order valence-electron chi connectivity index (χ3n) is 3.65. The van der Waals surface area contributed by atoms with Crippen molar-refractivity contribution < 1.29 is 24.6 Å². The second-order valence-electron chi connectivity index (χ2n) is 5.90. The number of nitrogens with one attached hydrogen (secondary N) is 2. The molecule has 0 bridgehead atoms. The molecule has 0 aliphatic carbocycles. The van der Waals surface area contributed by atoms with Crippen LogP contribution in [0.3, 0.4) is 0 Å². The number of thioether (sulfide) groups is 1. The highest BCUT2D eigenvalue weighted by molar-refractivity contribution is 7.98. The fraction of sp³-hybridized carbons (Fsp3) is 0.471. The molecule has 6 N–H and O–H groups in total. The second-order valence-corrected chi connectivity index (χ2v) is 6.89. The first-order valence-electron chi connectivity index (χ1n) is 8.10. The number of amides is 2. The average Bonchev–Trinajstić information content (AvgIpc) is 2.59. The van der Waals surface area contributed by atoms with Crippen LogP contribution in [0.5, 0.6) is 5.75 Å². The van der Waals surface area contributed by atoms with E-state index in [4.69, 9.17) is 5.73 Å². The predicted octanol–water partition coefficient (Wildman–Crippen LogP) is 0.0892. The van der Waals surface area contributed by atoms with Crippen LogP contribution in [0.1, 0.15) is 18.9 Å².